The number of hydrogen-bond donors (Lipinski definition) is 3. The molecule has 3 aromatic heterocycles. The predicted octanol–water partition coefficient (Wildman–Crippen LogP) is 2.98. The number of aromatic nitrogens is 4. The van der Waals surface area contributed by atoms with Gasteiger partial charge in [0.05, 0.1) is 12.5 Å². The fraction of sp³-hybridized carbons (Fsp3) is 0.217. The third kappa shape index (κ3) is 3.85. The summed E-state index contributed by atoms with van der Waals surface area (Å²) in [5, 5.41) is 6.42. The van der Waals surface area contributed by atoms with Crippen molar-refractivity contribution in [1.29, 1.82) is 0 Å². The molecule has 8 nitrogen and oxygen atoms in total. The van der Waals surface area contributed by atoms with Crippen LogP contribution in [0.25, 0.3) is 16.8 Å². The Hall–Kier alpha value is -3.78. The number of carbonyl (C=O) groups excluding carboxylic acids is 1. The highest BCUT2D eigenvalue weighted by molar-refractivity contribution is 5.92. The molecule has 1 aliphatic rings. The summed E-state index contributed by atoms with van der Waals surface area (Å²) in [4.78, 5) is 25.7. The number of amides is 1. The lowest BCUT2D eigenvalue weighted by atomic mass is 10.1. The highest BCUT2D eigenvalue weighted by Crippen LogP contribution is 2.32. The van der Waals surface area contributed by atoms with Crippen LogP contribution in [-0.4, -0.2) is 31.8 Å². The van der Waals surface area contributed by atoms with Gasteiger partial charge in [0.25, 0.3) is 0 Å². The Bertz CT molecular complexity index is 1210. The maximum absolute atomic E-state index is 12.3. The highest BCUT2D eigenvalue weighted by atomic mass is 16.1. The molecule has 4 heterocycles. The minimum Gasteiger partial charge on any atom is -0.382 e. The second-order valence-corrected chi connectivity index (χ2v) is 7.62. The topological polar surface area (TPSA) is 110 Å². The summed E-state index contributed by atoms with van der Waals surface area (Å²) in [5.41, 5.74) is 10.2. The predicted molar refractivity (Wildman–Crippen MR) is 119 cm³/mol. The van der Waals surface area contributed by atoms with Crippen molar-refractivity contribution in [3.63, 3.8) is 0 Å². The summed E-state index contributed by atoms with van der Waals surface area (Å²) in [6.07, 6.45) is 7.69. The molecule has 1 aromatic carbocycles. The number of nitrogens with zero attached hydrogens (tertiary/aromatic N) is 4. The number of imidazole rings is 1. The van der Waals surface area contributed by atoms with Crippen molar-refractivity contribution in [3.8, 4) is 11.3 Å². The van der Waals surface area contributed by atoms with Crippen LogP contribution < -0.4 is 16.4 Å². The lowest BCUT2D eigenvalue weighted by Gasteiger charge is -2.08. The van der Waals surface area contributed by atoms with Crippen LogP contribution in [0.3, 0.4) is 0 Å². The summed E-state index contributed by atoms with van der Waals surface area (Å²) >= 11 is 0. The number of pyridine rings is 1. The van der Waals surface area contributed by atoms with Gasteiger partial charge in [0.2, 0.25) is 5.91 Å². The van der Waals surface area contributed by atoms with Crippen molar-refractivity contribution < 1.29 is 4.79 Å². The lowest BCUT2D eigenvalue weighted by Crippen LogP contribution is -2.16. The van der Waals surface area contributed by atoms with E-state index in [1.165, 1.54) is 0 Å². The molecule has 1 fully saturated rings. The molecular weight excluding hydrogens is 390 g/mol. The van der Waals surface area contributed by atoms with Crippen molar-refractivity contribution >= 4 is 22.9 Å². The van der Waals surface area contributed by atoms with Crippen molar-refractivity contribution in [1.82, 2.24) is 24.7 Å². The van der Waals surface area contributed by atoms with Gasteiger partial charge in [-0.3, -0.25) is 14.2 Å². The van der Waals surface area contributed by atoms with Crippen LogP contribution in [0.2, 0.25) is 0 Å². The summed E-state index contributed by atoms with van der Waals surface area (Å²) in [5.74, 6) is 1.29. The maximum atomic E-state index is 12.3. The molecule has 0 spiro atoms. The average Bonchev–Trinajstić information content (AvgIpc) is 3.43. The van der Waals surface area contributed by atoms with Crippen LogP contribution in [0.4, 0.5) is 11.5 Å². The maximum Gasteiger partial charge on any atom is 0.230 e. The molecule has 1 amide bonds. The summed E-state index contributed by atoms with van der Waals surface area (Å²) in [7, 11) is 0. The number of nitrogens with one attached hydrogen (secondary N) is 2. The molecule has 0 saturated carbocycles. The molecule has 1 aliphatic heterocycles. The summed E-state index contributed by atoms with van der Waals surface area (Å²) in [6, 6.07) is 13.4. The number of nitrogens with two attached hydrogens (primary N) is 1. The van der Waals surface area contributed by atoms with Crippen LogP contribution in [-0.2, 0) is 11.2 Å². The van der Waals surface area contributed by atoms with Gasteiger partial charge in [0, 0.05) is 35.5 Å². The van der Waals surface area contributed by atoms with Gasteiger partial charge in [-0.1, -0.05) is 18.2 Å². The van der Waals surface area contributed by atoms with E-state index in [1.54, 1.807) is 12.4 Å². The fourth-order valence-electron chi connectivity index (χ4n) is 4.02. The van der Waals surface area contributed by atoms with E-state index >= 15 is 0 Å². The Kier molecular flexibility index (Phi) is 5.05. The molecular formula is C23H23N7O. The first kappa shape index (κ1) is 19.2. The second kappa shape index (κ2) is 8.16. The normalized spacial score (nSPS) is 15.9. The van der Waals surface area contributed by atoms with E-state index in [2.05, 4.69) is 20.6 Å². The molecule has 1 saturated heterocycles. The van der Waals surface area contributed by atoms with Gasteiger partial charge < -0.3 is 16.4 Å². The molecule has 0 radical (unpaired) electrons. The van der Waals surface area contributed by atoms with Crippen LogP contribution in [0, 0.1) is 0 Å². The number of rotatable bonds is 5. The first-order valence-corrected chi connectivity index (χ1v) is 10.3. The number of nitrogen functional groups attached to an aromatic ring is 1. The molecule has 0 aliphatic carbocycles. The number of carbonyl (C=O) groups is 1. The molecule has 4 aromatic rings. The number of benzene rings is 1. The Morgan fingerprint density at radius 1 is 1.16 bits per heavy atom. The van der Waals surface area contributed by atoms with Gasteiger partial charge in [0.1, 0.15) is 22.9 Å². The van der Waals surface area contributed by atoms with Gasteiger partial charge in [0.15, 0.2) is 0 Å². The Balaban J connectivity index is 1.41. The monoisotopic (exact) mass is 413 g/mol. The standard InChI is InChI=1S/C23H23N7O/c24-22-21-20(29-23(18-5-3-11-26-18)30(21)13-12-27-22)15-6-8-16(9-7-15)28-19(31)14-17-4-1-2-10-25-17/h1-2,4,6-10,12-13,18,26H,3,5,11,14H2,(H2,24,27)(H,28,31)/t18-/m0/s1. The van der Waals surface area contributed by atoms with Crippen molar-refractivity contribution in [2.24, 2.45) is 0 Å². The van der Waals surface area contributed by atoms with Crippen molar-refractivity contribution in [2.45, 2.75) is 25.3 Å². The molecule has 8 heteroatoms. The van der Waals surface area contributed by atoms with Crippen LogP contribution in [0.5, 0.6) is 0 Å². The van der Waals surface area contributed by atoms with Gasteiger partial charge >= 0.3 is 0 Å². The van der Waals surface area contributed by atoms with E-state index in [1.807, 2.05) is 53.1 Å². The zero-order valence-corrected chi connectivity index (χ0v) is 17.0. The van der Waals surface area contributed by atoms with E-state index in [-0.39, 0.29) is 18.4 Å². The Morgan fingerprint density at radius 2 is 2.03 bits per heavy atom. The van der Waals surface area contributed by atoms with E-state index in [4.69, 9.17) is 10.7 Å². The van der Waals surface area contributed by atoms with E-state index in [0.717, 1.165) is 53.4 Å². The number of anilines is 2. The minimum absolute atomic E-state index is 0.109. The SMILES string of the molecule is Nc1nccn2c([C@@H]3CCCN3)nc(-c3ccc(NC(=O)Cc4ccccn4)cc3)c12. The molecule has 4 N–H and O–H groups in total. The van der Waals surface area contributed by atoms with E-state index in [9.17, 15) is 4.79 Å². The molecule has 5 rings (SSSR count). The zero-order chi connectivity index (χ0) is 21.2. The first-order valence-electron chi connectivity index (χ1n) is 10.3. The van der Waals surface area contributed by atoms with Crippen molar-refractivity contribution in [2.75, 3.05) is 17.6 Å². The number of fused-ring (bicyclic) bond motifs is 1. The largest absolute Gasteiger partial charge is 0.382 e. The number of hydrogen-bond acceptors (Lipinski definition) is 6. The third-order valence-corrected chi connectivity index (χ3v) is 5.49. The van der Waals surface area contributed by atoms with Gasteiger partial charge in [-0.2, -0.15) is 0 Å². The average molecular weight is 413 g/mol. The van der Waals surface area contributed by atoms with Crippen LogP contribution in [0.15, 0.2) is 61.1 Å². The quantitative estimate of drug-likeness (QED) is 0.464. The first-order chi connectivity index (χ1) is 15.2. The van der Waals surface area contributed by atoms with Gasteiger partial charge in [-0.15, -0.1) is 0 Å². The zero-order valence-electron chi connectivity index (χ0n) is 17.0. The van der Waals surface area contributed by atoms with Crippen LogP contribution in [0.1, 0.15) is 30.4 Å². The smallest absolute Gasteiger partial charge is 0.230 e. The van der Waals surface area contributed by atoms with E-state index in [0.29, 0.717) is 5.82 Å². The second-order valence-electron chi connectivity index (χ2n) is 7.62. The van der Waals surface area contributed by atoms with E-state index < -0.39 is 0 Å². The Labute approximate surface area is 179 Å². The third-order valence-electron chi connectivity index (χ3n) is 5.49. The molecule has 1 atom stereocenters. The summed E-state index contributed by atoms with van der Waals surface area (Å²) in [6.45, 7) is 0.988. The summed E-state index contributed by atoms with van der Waals surface area (Å²) < 4.78 is 2.03. The van der Waals surface area contributed by atoms with Crippen molar-refractivity contribution in [3.05, 3.63) is 72.6 Å². The molecule has 156 valence electrons. The lowest BCUT2D eigenvalue weighted by molar-refractivity contribution is -0.115. The highest BCUT2D eigenvalue weighted by Gasteiger charge is 2.24. The molecule has 31 heavy (non-hydrogen) atoms. The fourth-order valence-corrected chi connectivity index (χ4v) is 4.02. The van der Waals surface area contributed by atoms with Gasteiger partial charge in [-0.05, 0) is 43.7 Å². The van der Waals surface area contributed by atoms with Crippen LogP contribution >= 0.6 is 0 Å². The molecule has 0 bridgehead atoms. The Morgan fingerprint density at radius 3 is 2.77 bits per heavy atom. The molecule has 0 unspecified atom stereocenters. The van der Waals surface area contributed by atoms with Gasteiger partial charge in [-0.25, -0.2) is 9.97 Å². The minimum atomic E-state index is -0.109.